The van der Waals surface area contributed by atoms with Crippen LogP contribution in [0.5, 0.6) is 5.75 Å². The van der Waals surface area contributed by atoms with E-state index >= 15 is 0 Å². The zero-order valence-electron chi connectivity index (χ0n) is 15.9. The van der Waals surface area contributed by atoms with Crippen LogP contribution in [0, 0.1) is 13.8 Å². The smallest absolute Gasteiger partial charge is 0.251 e. The van der Waals surface area contributed by atoms with Gasteiger partial charge in [0.05, 0.1) is 12.6 Å². The van der Waals surface area contributed by atoms with Crippen LogP contribution >= 0.6 is 0 Å². The lowest BCUT2D eigenvalue weighted by Gasteiger charge is -2.28. The second-order valence-electron chi connectivity index (χ2n) is 6.81. The maximum atomic E-state index is 12.7. The number of benzene rings is 2. The minimum atomic E-state index is -0.197. The highest BCUT2D eigenvalue weighted by atomic mass is 16.5. The van der Waals surface area contributed by atoms with Crippen LogP contribution < -0.4 is 15.0 Å². The number of aryl methyl sites for hydroxylation is 2. The molecule has 1 aliphatic heterocycles. The predicted octanol–water partition coefficient (Wildman–Crippen LogP) is 3.71. The zero-order valence-corrected chi connectivity index (χ0v) is 15.9. The number of fused-ring (bicyclic) bond motifs is 1. The molecule has 1 aliphatic rings. The van der Waals surface area contributed by atoms with E-state index in [1.54, 1.807) is 31.3 Å². The fraction of sp³-hybridized carbons (Fsp3) is 0.273. The number of nitrogens with zero attached hydrogens (tertiary/aromatic N) is 1. The molecule has 0 aromatic heterocycles. The van der Waals surface area contributed by atoms with Gasteiger partial charge in [0.15, 0.2) is 0 Å². The number of carbonyl (C=O) groups excluding carboxylic acids is 2. The van der Waals surface area contributed by atoms with Crippen molar-refractivity contribution in [3.63, 3.8) is 0 Å². The second-order valence-corrected chi connectivity index (χ2v) is 6.81. The van der Waals surface area contributed by atoms with Crippen LogP contribution in [0.25, 0.3) is 0 Å². The number of rotatable bonds is 4. The Morgan fingerprint density at radius 2 is 1.93 bits per heavy atom. The van der Waals surface area contributed by atoms with Gasteiger partial charge in [0.2, 0.25) is 5.91 Å². The molecule has 0 aliphatic carbocycles. The van der Waals surface area contributed by atoms with E-state index in [0.717, 1.165) is 28.9 Å². The van der Waals surface area contributed by atoms with Gasteiger partial charge >= 0.3 is 0 Å². The molecular formula is C22H24N2O3. The van der Waals surface area contributed by atoms with Crippen molar-refractivity contribution in [2.24, 2.45) is 0 Å². The van der Waals surface area contributed by atoms with Crippen LogP contribution in [0.4, 0.5) is 5.69 Å². The first-order valence-corrected chi connectivity index (χ1v) is 8.95. The molecule has 0 saturated carbocycles. The zero-order chi connectivity index (χ0) is 19.6. The SMILES string of the molecule is C=CC(=O)N(C)c1ccc(C(=O)N[C@@H]2CCOc3c(C)cc(C)cc32)cc1. The second kappa shape index (κ2) is 7.66. The third-order valence-corrected chi connectivity index (χ3v) is 4.80. The molecule has 0 radical (unpaired) electrons. The first-order valence-electron chi connectivity index (χ1n) is 8.95. The predicted molar refractivity (Wildman–Crippen MR) is 106 cm³/mol. The highest BCUT2D eigenvalue weighted by Crippen LogP contribution is 2.35. The fourth-order valence-electron chi connectivity index (χ4n) is 3.37. The van der Waals surface area contributed by atoms with Gasteiger partial charge in [0, 0.05) is 30.3 Å². The lowest BCUT2D eigenvalue weighted by molar-refractivity contribution is -0.113. The Balaban J connectivity index is 1.77. The first kappa shape index (κ1) is 18.7. The third kappa shape index (κ3) is 3.87. The minimum Gasteiger partial charge on any atom is -0.493 e. The van der Waals surface area contributed by atoms with Gasteiger partial charge in [0.25, 0.3) is 5.91 Å². The number of amides is 2. The molecule has 1 atom stereocenters. The van der Waals surface area contributed by atoms with Gasteiger partial charge in [-0.25, -0.2) is 0 Å². The summed E-state index contributed by atoms with van der Waals surface area (Å²) in [4.78, 5) is 25.9. The summed E-state index contributed by atoms with van der Waals surface area (Å²) in [5, 5.41) is 3.11. The van der Waals surface area contributed by atoms with Gasteiger partial charge in [-0.2, -0.15) is 0 Å². The third-order valence-electron chi connectivity index (χ3n) is 4.80. The molecular weight excluding hydrogens is 340 g/mol. The Morgan fingerprint density at radius 3 is 2.59 bits per heavy atom. The molecule has 1 heterocycles. The molecule has 2 amide bonds. The van der Waals surface area contributed by atoms with Crippen LogP contribution in [0.1, 0.15) is 39.5 Å². The minimum absolute atomic E-state index is 0.0791. The van der Waals surface area contributed by atoms with E-state index in [1.165, 1.54) is 11.0 Å². The van der Waals surface area contributed by atoms with Gasteiger partial charge in [-0.05, 0) is 49.8 Å². The number of likely N-dealkylation sites (N-methyl/N-ethyl adjacent to an activating group) is 1. The number of ether oxygens (including phenoxy) is 1. The summed E-state index contributed by atoms with van der Waals surface area (Å²) in [5.74, 6) is 0.532. The van der Waals surface area contributed by atoms with E-state index < -0.39 is 0 Å². The standard InChI is InChI=1S/C22H24N2O3/c1-5-20(25)24(4)17-8-6-16(7-9-17)22(26)23-19-10-11-27-21-15(3)12-14(2)13-18(19)21/h5-9,12-13,19H,1,10-11H2,2-4H3,(H,23,26)/t19-/m1/s1. The van der Waals surface area contributed by atoms with Gasteiger partial charge in [0.1, 0.15) is 5.75 Å². The number of anilines is 1. The summed E-state index contributed by atoms with van der Waals surface area (Å²) in [6.07, 6.45) is 1.99. The molecule has 0 unspecified atom stereocenters. The van der Waals surface area contributed by atoms with Crippen molar-refractivity contribution in [2.45, 2.75) is 26.3 Å². The Hall–Kier alpha value is -3.08. The number of hydrogen-bond donors (Lipinski definition) is 1. The van der Waals surface area contributed by atoms with Crippen molar-refractivity contribution in [2.75, 3.05) is 18.6 Å². The molecule has 0 spiro atoms. The van der Waals surface area contributed by atoms with Crippen molar-refractivity contribution < 1.29 is 14.3 Å². The van der Waals surface area contributed by atoms with E-state index in [4.69, 9.17) is 4.74 Å². The van der Waals surface area contributed by atoms with Crippen LogP contribution in [-0.4, -0.2) is 25.5 Å². The molecule has 0 saturated heterocycles. The molecule has 0 bridgehead atoms. The molecule has 140 valence electrons. The molecule has 2 aromatic carbocycles. The van der Waals surface area contributed by atoms with Gasteiger partial charge in [-0.3, -0.25) is 9.59 Å². The lowest BCUT2D eigenvalue weighted by atomic mass is 9.95. The van der Waals surface area contributed by atoms with E-state index in [2.05, 4.69) is 24.0 Å². The van der Waals surface area contributed by atoms with Gasteiger partial charge in [-0.15, -0.1) is 0 Å². The van der Waals surface area contributed by atoms with Crippen LogP contribution in [-0.2, 0) is 4.79 Å². The Bertz CT molecular complexity index is 887. The average Bonchev–Trinajstić information content (AvgIpc) is 2.67. The van der Waals surface area contributed by atoms with Crippen molar-refractivity contribution in [3.8, 4) is 5.75 Å². The maximum Gasteiger partial charge on any atom is 0.251 e. The highest BCUT2D eigenvalue weighted by Gasteiger charge is 2.25. The summed E-state index contributed by atoms with van der Waals surface area (Å²) in [5.41, 5.74) is 4.52. The van der Waals surface area contributed by atoms with E-state index in [1.807, 2.05) is 13.8 Å². The molecule has 0 fully saturated rings. The Labute approximate surface area is 159 Å². The van der Waals surface area contributed by atoms with Crippen molar-refractivity contribution in [1.82, 2.24) is 5.32 Å². The molecule has 2 aromatic rings. The van der Waals surface area contributed by atoms with Crippen LogP contribution in [0.15, 0.2) is 49.1 Å². The Morgan fingerprint density at radius 1 is 1.22 bits per heavy atom. The summed E-state index contributed by atoms with van der Waals surface area (Å²) in [6, 6.07) is 11.0. The molecule has 5 nitrogen and oxygen atoms in total. The topological polar surface area (TPSA) is 58.6 Å². The quantitative estimate of drug-likeness (QED) is 0.842. The van der Waals surface area contributed by atoms with Crippen molar-refractivity contribution in [1.29, 1.82) is 0 Å². The first-order chi connectivity index (χ1) is 12.9. The maximum absolute atomic E-state index is 12.7. The molecule has 27 heavy (non-hydrogen) atoms. The molecule has 1 N–H and O–H groups in total. The largest absolute Gasteiger partial charge is 0.493 e. The normalized spacial score (nSPS) is 15.3. The van der Waals surface area contributed by atoms with E-state index in [-0.39, 0.29) is 17.9 Å². The summed E-state index contributed by atoms with van der Waals surface area (Å²) < 4.78 is 5.81. The number of nitrogens with one attached hydrogen (secondary N) is 1. The lowest BCUT2D eigenvalue weighted by Crippen LogP contribution is -2.32. The van der Waals surface area contributed by atoms with Crippen LogP contribution in [0.2, 0.25) is 0 Å². The number of hydrogen-bond acceptors (Lipinski definition) is 3. The molecule has 5 heteroatoms. The van der Waals surface area contributed by atoms with Crippen LogP contribution in [0.3, 0.4) is 0 Å². The van der Waals surface area contributed by atoms with Crippen molar-refractivity contribution in [3.05, 3.63) is 71.3 Å². The fourth-order valence-corrected chi connectivity index (χ4v) is 3.37. The summed E-state index contributed by atoms with van der Waals surface area (Å²) in [7, 11) is 1.67. The van der Waals surface area contributed by atoms with E-state index in [0.29, 0.717) is 17.9 Å². The highest BCUT2D eigenvalue weighted by molar-refractivity contribution is 6.01. The summed E-state index contributed by atoms with van der Waals surface area (Å²) in [6.45, 7) is 8.13. The Kier molecular flexibility index (Phi) is 5.31. The monoisotopic (exact) mass is 364 g/mol. The average molecular weight is 364 g/mol. The molecule has 3 rings (SSSR count). The van der Waals surface area contributed by atoms with Gasteiger partial charge in [-0.1, -0.05) is 24.3 Å². The van der Waals surface area contributed by atoms with Gasteiger partial charge < -0.3 is 15.0 Å². The van der Waals surface area contributed by atoms with E-state index in [9.17, 15) is 9.59 Å². The summed E-state index contributed by atoms with van der Waals surface area (Å²) >= 11 is 0. The van der Waals surface area contributed by atoms with Crippen molar-refractivity contribution >= 4 is 17.5 Å². The number of carbonyl (C=O) groups is 2.